The third-order valence-electron chi connectivity index (χ3n) is 2.86. The molecular weight excluding hydrogens is 204 g/mol. The summed E-state index contributed by atoms with van der Waals surface area (Å²) in [6.45, 7) is 4.68. The van der Waals surface area contributed by atoms with Crippen LogP contribution < -0.4 is 15.0 Å². The molecular formula is C11H18N4O. The first-order valence-electron chi connectivity index (χ1n) is 5.69. The fraction of sp³-hybridized carbons (Fsp3) is 0.636. The molecule has 0 aromatic carbocycles. The summed E-state index contributed by atoms with van der Waals surface area (Å²) < 4.78 is 5.37. The summed E-state index contributed by atoms with van der Waals surface area (Å²) in [6.07, 6.45) is 2.71. The van der Waals surface area contributed by atoms with Gasteiger partial charge in [-0.3, -0.25) is 0 Å². The van der Waals surface area contributed by atoms with Crippen LogP contribution in [-0.2, 0) is 0 Å². The van der Waals surface area contributed by atoms with Gasteiger partial charge in [0, 0.05) is 25.7 Å². The molecule has 1 aliphatic heterocycles. The van der Waals surface area contributed by atoms with Gasteiger partial charge >= 0.3 is 0 Å². The van der Waals surface area contributed by atoms with E-state index in [1.807, 2.05) is 13.0 Å². The smallest absolute Gasteiger partial charge is 0.218 e. The zero-order valence-electron chi connectivity index (χ0n) is 9.81. The number of ether oxygens (including phenoxy) is 1. The molecule has 0 saturated carbocycles. The van der Waals surface area contributed by atoms with Crippen LogP contribution in [0.4, 0.5) is 5.82 Å². The standard InChI is InChI=1S/C11H18N4O/c1-3-16-11-6-10(13-8-14-11)15(2)9-4-5-12-7-9/h6,8-9,12H,3-5,7H2,1-2H3. The Balaban J connectivity index is 2.09. The lowest BCUT2D eigenvalue weighted by atomic mass is 10.2. The van der Waals surface area contributed by atoms with Gasteiger partial charge in [0.1, 0.15) is 12.1 Å². The van der Waals surface area contributed by atoms with Crippen LogP contribution >= 0.6 is 0 Å². The van der Waals surface area contributed by atoms with Crippen LogP contribution in [0.5, 0.6) is 5.88 Å². The van der Waals surface area contributed by atoms with Crippen molar-refractivity contribution in [3.63, 3.8) is 0 Å². The quantitative estimate of drug-likeness (QED) is 0.811. The lowest BCUT2D eigenvalue weighted by Gasteiger charge is -2.24. The van der Waals surface area contributed by atoms with E-state index in [9.17, 15) is 0 Å². The minimum atomic E-state index is 0.518. The molecule has 0 aliphatic carbocycles. The average Bonchev–Trinajstić information content (AvgIpc) is 2.82. The molecule has 1 saturated heterocycles. The highest BCUT2D eigenvalue weighted by Crippen LogP contribution is 2.18. The molecule has 0 radical (unpaired) electrons. The lowest BCUT2D eigenvalue weighted by molar-refractivity contribution is 0.326. The van der Waals surface area contributed by atoms with Crippen molar-refractivity contribution in [3.05, 3.63) is 12.4 Å². The Morgan fingerprint density at radius 1 is 1.56 bits per heavy atom. The average molecular weight is 222 g/mol. The van der Waals surface area contributed by atoms with Gasteiger partial charge < -0.3 is 15.0 Å². The molecule has 2 heterocycles. The fourth-order valence-corrected chi connectivity index (χ4v) is 1.91. The zero-order chi connectivity index (χ0) is 11.4. The number of hydrogen-bond acceptors (Lipinski definition) is 5. The first kappa shape index (κ1) is 11.1. The van der Waals surface area contributed by atoms with Gasteiger partial charge in [-0.2, -0.15) is 0 Å². The van der Waals surface area contributed by atoms with E-state index in [4.69, 9.17) is 4.74 Å². The highest BCUT2D eigenvalue weighted by Gasteiger charge is 2.20. The molecule has 1 atom stereocenters. The summed E-state index contributed by atoms with van der Waals surface area (Å²) in [5.74, 6) is 1.57. The Labute approximate surface area is 95.8 Å². The molecule has 1 N–H and O–H groups in total. The van der Waals surface area contributed by atoms with E-state index in [0.717, 1.165) is 25.3 Å². The van der Waals surface area contributed by atoms with Crippen LogP contribution in [0.1, 0.15) is 13.3 Å². The van der Waals surface area contributed by atoms with E-state index in [1.165, 1.54) is 0 Å². The number of nitrogens with zero attached hydrogens (tertiary/aromatic N) is 3. The Morgan fingerprint density at radius 2 is 2.44 bits per heavy atom. The lowest BCUT2D eigenvalue weighted by Crippen LogP contribution is -2.33. The molecule has 16 heavy (non-hydrogen) atoms. The normalized spacial score (nSPS) is 19.8. The number of anilines is 1. The second-order valence-electron chi connectivity index (χ2n) is 3.90. The SMILES string of the molecule is CCOc1cc(N(C)C2CCNC2)ncn1. The molecule has 0 bridgehead atoms. The fourth-order valence-electron chi connectivity index (χ4n) is 1.91. The van der Waals surface area contributed by atoms with Gasteiger partial charge in [-0.1, -0.05) is 0 Å². The number of likely N-dealkylation sites (N-methyl/N-ethyl adjacent to an activating group) is 1. The number of rotatable bonds is 4. The Bertz CT molecular complexity index is 339. The molecule has 2 rings (SSSR count). The summed E-state index contributed by atoms with van der Waals surface area (Å²) in [5, 5.41) is 3.35. The summed E-state index contributed by atoms with van der Waals surface area (Å²) in [5.41, 5.74) is 0. The largest absolute Gasteiger partial charge is 0.478 e. The molecule has 1 aliphatic rings. The molecule has 1 fully saturated rings. The number of nitrogens with one attached hydrogen (secondary N) is 1. The summed E-state index contributed by atoms with van der Waals surface area (Å²) in [4.78, 5) is 10.5. The first-order chi connectivity index (χ1) is 7.81. The van der Waals surface area contributed by atoms with Crippen LogP contribution in [-0.4, -0.2) is 42.8 Å². The van der Waals surface area contributed by atoms with Crippen molar-refractivity contribution >= 4 is 5.82 Å². The Hall–Kier alpha value is -1.36. The maximum Gasteiger partial charge on any atom is 0.218 e. The first-order valence-corrected chi connectivity index (χ1v) is 5.69. The molecule has 5 heteroatoms. The summed E-state index contributed by atoms with van der Waals surface area (Å²) in [7, 11) is 2.07. The van der Waals surface area contributed by atoms with Crippen LogP contribution in [0.2, 0.25) is 0 Å². The summed E-state index contributed by atoms with van der Waals surface area (Å²) in [6, 6.07) is 2.41. The predicted molar refractivity (Wildman–Crippen MR) is 62.9 cm³/mol. The van der Waals surface area contributed by atoms with Crippen LogP contribution in [0, 0.1) is 0 Å². The third kappa shape index (κ3) is 2.41. The van der Waals surface area contributed by atoms with Crippen molar-refractivity contribution in [3.8, 4) is 5.88 Å². The van der Waals surface area contributed by atoms with Crippen molar-refractivity contribution in [1.29, 1.82) is 0 Å². The Morgan fingerprint density at radius 3 is 3.12 bits per heavy atom. The zero-order valence-corrected chi connectivity index (χ0v) is 9.81. The van der Waals surface area contributed by atoms with E-state index in [0.29, 0.717) is 18.5 Å². The van der Waals surface area contributed by atoms with Gasteiger partial charge in [0.15, 0.2) is 0 Å². The van der Waals surface area contributed by atoms with E-state index in [2.05, 4.69) is 27.2 Å². The van der Waals surface area contributed by atoms with Gasteiger partial charge in [0.25, 0.3) is 0 Å². The van der Waals surface area contributed by atoms with Gasteiger partial charge in [-0.15, -0.1) is 0 Å². The van der Waals surface area contributed by atoms with Crippen molar-refractivity contribution in [1.82, 2.24) is 15.3 Å². The van der Waals surface area contributed by atoms with E-state index in [1.54, 1.807) is 6.33 Å². The molecule has 1 unspecified atom stereocenters. The van der Waals surface area contributed by atoms with E-state index in [-0.39, 0.29) is 0 Å². The molecule has 0 spiro atoms. The summed E-state index contributed by atoms with van der Waals surface area (Å²) >= 11 is 0. The van der Waals surface area contributed by atoms with Crippen molar-refractivity contribution < 1.29 is 4.74 Å². The van der Waals surface area contributed by atoms with E-state index < -0.39 is 0 Å². The second kappa shape index (κ2) is 5.12. The van der Waals surface area contributed by atoms with Gasteiger partial charge in [0.2, 0.25) is 5.88 Å². The van der Waals surface area contributed by atoms with Crippen LogP contribution in [0.3, 0.4) is 0 Å². The highest BCUT2D eigenvalue weighted by atomic mass is 16.5. The van der Waals surface area contributed by atoms with Crippen molar-refractivity contribution in [2.24, 2.45) is 0 Å². The molecule has 88 valence electrons. The second-order valence-corrected chi connectivity index (χ2v) is 3.90. The molecule has 1 aromatic rings. The van der Waals surface area contributed by atoms with E-state index >= 15 is 0 Å². The molecule has 1 aromatic heterocycles. The van der Waals surface area contributed by atoms with Crippen LogP contribution in [0.25, 0.3) is 0 Å². The monoisotopic (exact) mass is 222 g/mol. The highest BCUT2D eigenvalue weighted by molar-refractivity contribution is 5.41. The van der Waals surface area contributed by atoms with Crippen molar-refractivity contribution in [2.45, 2.75) is 19.4 Å². The predicted octanol–water partition coefficient (Wildman–Crippen LogP) is 0.673. The topological polar surface area (TPSA) is 50.3 Å². The minimum absolute atomic E-state index is 0.518. The minimum Gasteiger partial charge on any atom is -0.478 e. The van der Waals surface area contributed by atoms with Gasteiger partial charge in [-0.25, -0.2) is 9.97 Å². The van der Waals surface area contributed by atoms with Gasteiger partial charge in [0.05, 0.1) is 6.61 Å². The molecule has 0 amide bonds. The number of hydrogen-bond donors (Lipinski definition) is 1. The number of aromatic nitrogens is 2. The van der Waals surface area contributed by atoms with Gasteiger partial charge in [-0.05, 0) is 19.9 Å². The van der Waals surface area contributed by atoms with Crippen LogP contribution in [0.15, 0.2) is 12.4 Å². The third-order valence-corrected chi connectivity index (χ3v) is 2.86. The maximum absolute atomic E-state index is 5.37. The molecule has 5 nitrogen and oxygen atoms in total. The van der Waals surface area contributed by atoms with Crippen molar-refractivity contribution in [2.75, 3.05) is 31.6 Å². The maximum atomic E-state index is 5.37. The Kier molecular flexibility index (Phi) is 3.56.